The average molecular weight is 326 g/mol. The molecule has 0 aliphatic heterocycles. The Morgan fingerprint density at radius 2 is 1.86 bits per heavy atom. The number of hydrogen-bond acceptors (Lipinski definition) is 4. The lowest BCUT2D eigenvalue weighted by Crippen LogP contribution is -2.10. The van der Waals surface area contributed by atoms with E-state index in [1.54, 1.807) is 18.2 Å². The third-order valence-corrected chi connectivity index (χ3v) is 3.10. The summed E-state index contributed by atoms with van der Waals surface area (Å²) < 4.78 is 0. The van der Waals surface area contributed by atoms with Crippen LogP contribution in [0.15, 0.2) is 24.4 Å². The molecule has 1 aromatic heterocycles. The second-order valence-electron chi connectivity index (χ2n) is 4.73. The van der Waals surface area contributed by atoms with Crippen LogP contribution in [-0.4, -0.2) is 21.0 Å². The fraction of sp³-hybridized carbons (Fsp3) is 0.214. The van der Waals surface area contributed by atoms with Gasteiger partial charge in [-0.1, -0.05) is 37.0 Å². The van der Waals surface area contributed by atoms with Crippen molar-refractivity contribution in [3.63, 3.8) is 0 Å². The lowest BCUT2D eigenvalue weighted by molar-refractivity contribution is 0.0691. The summed E-state index contributed by atoms with van der Waals surface area (Å²) in [6.45, 7) is 3.79. The van der Waals surface area contributed by atoms with Crippen LogP contribution in [-0.2, 0) is 0 Å². The number of carboxylic acid groups (broad SMARTS) is 1. The van der Waals surface area contributed by atoms with E-state index in [0.717, 1.165) is 0 Å². The molecule has 21 heavy (non-hydrogen) atoms. The van der Waals surface area contributed by atoms with Crippen LogP contribution in [0.4, 0.5) is 11.4 Å². The van der Waals surface area contributed by atoms with Crippen molar-refractivity contribution in [1.29, 1.82) is 0 Å². The minimum absolute atomic E-state index is 0.0396. The van der Waals surface area contributed by atoms with Crippen LogP contribution < -0.4 is 5.32 Å². The fourth-order valence-electron chi connectivity index (χ4n) is 1.71. The fourth-order valence-corrected chi connectivity index (χ4v) is 2.24. The Morgan fingerprint density at radius 1 is 1.24 bits per heavy atom. The van der Waals surface area contributed by atoms with Crippen LogP contribution >= 0.6 is 23.2 Å². The highest BCUT2D eigenvalue weighted by atomic mass is 35.5. The molecular formula is C14H13Cl2N3O2. The van der Waals surface area contributed by atoms with E-state index in [4.69, 9.17) is 23.2 Å². The van der Waals surface area contributed by atoms with Gasteiger partial charge in [-0.25, -0.2) is 14.8 Å². The van der Waals surface area contributed by atoms with Gasteiger partial charge in [0.2, 0.25) is 0 Å². The molecule has 0 unspecified atom stereocenters. The van der Waals surface area contributed by atoms with Gasteiger partial charge in [0, 0.05) is 21.7 Å². The third kappa shape index (κ3) is 3.83. The second kappa shape index (κ2) is 6.28. The number of hydrogen-bond donors (Lipinski definition) is 2. The summed E-state index contributed by atoms with van der Waals surface area (Å²) in [6, 6.07) is 4.86. The third-order valence-electron chi connectivity index (χ3n) is 2.67. The maximum atomic E-state index is 11.3. The molecule has 7 heteroatoms. The predicted molar refractivity (Wildman–Crippen MR) is 82.8 cm³/mol. The molecule has 2 N–H and O–H groups in total. The van der Waals surface area contributed by atoms with Gasteiger partial charge < -0.3 is 10.4 Å². The van der Waals surface area contributed by atoms with Crippen LogP contribution in [0.2, 0.25) is 10.0 Å². The van der Waals surface area contributed by atoms with Gasteiger partial charge in [0.15, 0.2) is 5.69 Å². The molecule has 0 atom stereocenters. The van der Waals surface area contributed by atoms with E-state index in [0.29, 0.717) is 21.6 Å². The molecule has 0 bridgehead atoms. The van der Waals surface area contributed by atoms with Gasteiger partial charge >= 0.3 is 5.97 Å². The molecule has 0 saturated heterocycles. The van der Waals surface area contributed by atoms with Crippen molar-refractivity contribution < 1.29 is 9.90 Å². The van der Waals surface area contributed by atoms with Gasteiger partial charge in [-0.2, -0.15) is 0 Å². The number of anilines is 2. The van der Waals surface area contributed by atoms with Crippen molar-refractivity contribution in [2.75, 3.05) is 5.32 Å². The molecule has 0 radical (unpaired) electrons. The van der Waals surface area contributed by atoms with E-state index < -0.39 is 5.97 Å². The van der Waals surface area contributed by atoms with E-state index in [1.165, 1.54) is 6.20 Å². The monoisotopic (exact) mass is 325 g/mol. The van der Waals surface area contributed by atoms with Crippen molar-refractivity contribution in [2.24, 2.45) is 0 Å². The van der Waals surface area contributed by atoms with Crippen molar-refractivity contribution >= 4 is 40.5 Å². The average Bonchev–Trinajstić information content (AvgIpc) is 2.37. The molecule has 0 aliphatic carbocycles. The highest BCUT2D eigenvalue weighted by Gasteiger charge is 2.16. The maximum Gasteiger partial charge on any atom is 0.356 e. The van der Waals surface area contributed by atoms with Crippen molar-refractivity contribution in [3.05, 3.63) is 46.0 Å². The quantitative estimate of drug-likeness (QED) is 0.874. The van der Waals surface area contributed by atoms with E-state index in [2.05, 4.69) is 15.3 Å². The predicted octanol–water partition coefficient (Wildman–Crippen LogP) is 4.35. The molecule has 110 valence electrons. The first-order valence-corrected chi connectivity index (χ1v) is 6.95. The Kier molecular flexibility index (Phi) is 4.65. The van der Waals surface area contributed by atoms with Gasteiger partial charge in [-0.05, 0) is 18.2 Å². The summed E-state index contributed by atoms with van der Waals surface area (Å²) in [4.78, 5) is 19.6. The van der Waals surface area contributed by atoms with Crippen LogP contribution in [0, 0.1) is 0 Å². The Bertz CT molecular complexity index is 670. The van der Waals surface area contributed by atoms with Crippen molar-refractivity contribution in [2.45, 2.75) is 19.8 Å². The topological polar surface area (TPSA) is 75.1 Å². The van der Waals surface area contributed by atoms with Gasteiger partial charge in [0.1, 0.15) is 5.82 Å². The number of aromatic nitrogens is 2. The molecule has 5 nitrogen and oxygen atoms in total. The van der Waals surface area contributed by atoms with Gasteiger partial charge in [-0.3, -0.25) is 0 Å². The van der Waals surface area contributed by atoms with Crippen LogP contribution in [0.1, 0.15) is 36.1 Å². The zero-order chi connectivity index (χ0) is 15.6. The molecule has 0 spiro atoms. The number of benzene rings is 1. The smallest absolute Gasteiger partial charge is 0.356 e. The molecule has 2 aromatic rings. The summed E-state index contributed by atoms with van der Waals surface area (Å²) in [5.74, 6) is -0.616. The number of aromatic carboxylic acids is 1. The summed E-state index contributed by atoms with van der Waals surface area (Å²) >= 11 is 11.8. The number of carboxylic acids is 1. The largest absolute Gasteiger partial charge is 0.476 e. The number of nitrogens with one attached hydrogen (secondary N) is 1. The summed E-state index contributed by atoms with van der Waals surface area (Å²) in [5, 5.41) is 13.1. The van der Waals surface area contributed by atoms with Crippen LogP contribution in [0.3, 0.4) is 0 Å². The molecule has 1 heterocycles. The van der Waals surface area contributed by atoms with Crippen molar-refractivity contribution in [3.8, 4) is 0 Å². The molecule has 1 aromatic carbocycles. The van der Waals surface area contributed by atoms with Crippen LogP contribution in [0.5, 0.6) is 0 Å². The lowest BCUT2D eigenvalue weighted by Gasteiger charge is -2.11. The van der Waals surface area contributed by atoms with Gasteiger partial charge in [0.05, 0.1) is 11.9 Å². The first-order valence-electron chi connectivity index (χ1n) is 6.20. The van der Waals surface area contributed by atoms with Gasteiger partial charge in [0.25, 0.3) is 0 Å². The Labute approximate surface area is 131 Å². The lowest BCUT2D eigenvalue weighted by atomic mass is 10.2. The number of halogens is 2. The minimum atomic E-state index is -1.13. The summed E-state index contributed by atoms with van der Waals surface area (Å²) in [7, 11) is 0. The highest BCUT2D eigenvalue weighted by molar-refractivity contribution is 6.35. The molecule has 0 fully saturated rings. The number of nitrogens with zero attached hydrogens (tertiary/aromatic N) is 2. The van der Waals surface area contributed by atoms with E-state index in [1.807, 2.05) is 13.8 Å². The zero-order valence-corrected chi connectivity index (χ0v) is 12.9. The zero-order valence-electron chi connectivity index (χ0n) is 11.4. The first kappa shape index (κ1) is 15.5. The molecule has 0 amide bonds. The highest BCUT2D eigenvalue weighted by Crippen LogP contribution is 2.26. The summed E-state index contributed by atoms with van der Waals surface area (Å²) in [5.41, 5.74) is 0.755. The minimum Gasteiger partial charge on any atom is -0.476 e. The van der Waals surface area contributed by atoms with Gasteiger partial charge in [-0.15, -0.1) is 0 Å². The molecule has 2 rings (SSSR count). The standard InChI is InChI=1S/C14H13Cl2N3O2/c1-7(2)13-17-6-11(12(19-13)14(20)21)18-10-4-8(15)3-9(16)5-10/h3-7,18H,1-2H3,(H,20,21). The second-order valence-corrected chi connectivity index (χ2v) is 5.61. The normalized spacial score (nSPS) is 10.7. The van der Waals surface area contributed by atoms with Crippen LogP contribution in [0.25, 0.3) is 0 Å². The molecule has 0 aliphatic rings. The Hall–Kier alpha value is -1.85. The number of carbonyl (C=O) groups is 1. The number of rotatable bonds is 4. The molecule has 0 saturated carbocycles. The Morgan fingerprint density at radius 3 is 2.38 bits per heavy atom. The SMILES string of the molecule is CC(C)c1ncc(Nc2cc(Cl)cc(Cl)c2)c(C(=O)O)n1. The maximum absolute atomic E-state index is 11.3. The van der Waals surface area contributed by atoms with Crippen molar-refractivity contribution in [1.82, 2.24) is 9.97 Å². The molecular weight excluding hydrogens is 313 g/mol. The Balaban J connectivity index is 2.41. The summed E-state index contributed by atoms with van der Waals surface area (Å²) in [6.07, 6.45) is 1.45. The van der Waals surface area contributed by atoms with E-state index in [9.17, 15) is 9.90 Å². The van der Waals surface area contributed by atoms with E-state index in [-0.39, 0.29) is 17.3 Å². The first-order chi connectivity index (χ1) is 9.86. The van der Waals surface area contributed by atoms with E-state index >= 15 is 0 Å².